The molecule has 0 saturated carbocycles. The van der Waals surface area contributed by atoms with Crippen LogP contribution in [0.25, 0.3) is 11.4 Å². The highest BCUT2D eigenvalue weighted by Crippen LogP contribution is 2.38. The van der Waals surface area contributed by atoms with Crippen LogP contribution < -0.4 is 24.2 Å². The third kappa shape index (κ3) is 11.2. The summed E-state index contributed by atoms with van der Waals surface area (Å²) in [7, 11) is -4.73. The van der Waals surface area contributed by atoms with E-state index in [2.05, 4.69) is 25.6 Å². The Morgan fingerprint density at radius 2 is 1.26 bits per heavy atom. The first-order valence-electron chi connectivity index (χ1n) is 17.5. The largest absolute Gasteiger partial charge is 0.497 e. The second-order valence-electron chi connectivity index (χ2n) is 13.6. The summed E-state index contributed by atoms with van der Waals surface area (Å²) in [4.78, 5) is 11.2. The minimum absolute atomic E-state index is 0.0154. The number of hydrogen-bond donors (Lipinski definition) is 2. The van der Waals surface area contributed by atoms with Crippen molar-refractivity contribution >= 4 is 48.7 Å². The van der Waals surface area contributed by atoms with Crippen molar-refractivity contribution in [2.75, 3.05) is 34.4 Å². The first-order chi connectivity index (χ1) is 27.0. The minimum atomic E-state index is -4.75. The summed E-state index contributed by atoms with van der Waals surface area (Å²) in [6.07, 6.45) is -0.738. The number of amides is 1. The van der Waals surface area contributed by atoms with Crippen LogP contribution >= 0.6 is 22.6 Å². The molecule has 304 valence electrons. The Morgan fingerprint density at radius 1 is 0.754 bits per heavy atom. The fraction of sp³-hybridized carbons (Fsp3) is 0.316. The van der Waals surface area contributed by atoms with Gasteiger partial charge >= 0.3 is 6.09 Å². The highest BCUT2D eigenvalue weighted by Gasteiger charge is 2.37. The monoisotopic (exact) mass is 933 g/mol. The third-order valence-corrected chi connectivity index (χ3v) is 12.7. The number of nitrogens with zero attached hydrogens (tertiary/aromatic N) is 5. The fourth-order valence-electron chi connectivity index (χ4n) is 5.58. The lowest BCUT2D eigenvalue weighted by atomic mass is 10.2. The maximum atomic E-state index is 15.4. The van der Waals surface area contributed by atoms with Gasteiger partial charge in [-0.3, -0.25) is 0 Å². The predicted molar refractivity (Wildman–Crippen MR) is 220 cm³/mol. The second-order valence-corrected chi connectivity index (χ2v) is 18.3. The molecule has 0 unspecified atom stereocenters. The SMILES string of the molecule is COc1ccc(CN(Cc2ccc(OC)cc2)S(=O)(=O)c2c(S(=O)(=O)NCCNC(=O)OC(C)(C)C)ccc(I)c2-c2nnnn2Cc2ccc(OC)cc2)cc1. The van der Waals surface area contributed by atoms with Gasteiger partial charge in [0.15, 0.2) is 5.82 Å². The topological polar surface area (TPSA) is 193 Å². The van der Waals surface area contributed by atoms with Crippen LogP contribution in [0.15, 0.2) is 94.7 Å². The van der Waals surface area contributed by atoms with Crippen LogP contribution in [0.4, 0.5) is 4.79 Å². The van der Waals surface area contributed by atoms with Gasteiger partial charge in [-0.15, -0.1) is 5.10 Å². The number of hydrogen-bond acceptors (Lipinski definition) is 12. The molecule has 0 spiro atoms. The van der Waals surface area contributed by atoms with E-state index in [0.29, 0.717) is 31.9 Å². The molecule has 0 fully saturated rings. The van der Waals surface area contributed by atoms with Crippen LogP contribution in [-0.4, -0.2) is 87.5 Å². The molecule has 0 aliphatic rings. The van der Waals surface area contributed by atoms with E-state index in [1.54, 1.807) is 88.5 Å². The molecule has 19 heteroatoms. The Kier molecular flexibility index (Phi) is 14.1. The molecule has 1 heterocycles. The van der Waals surface area contributed by atoms with Crippen molar-refractivity contribution in [1.82, 2.24) is 34.6 Å². The first-order valence-corrected chi connectivity index (χ1v) is 21.5. The number of tetrazole rings is 1. The average molecular weight is 934 g/mol. The van der Waals surface area contributed by atoms with Gasteiger partial charge in [-0.25, -0.2) is 31.0 Å². The van der Waals surface area contributed by atoms with Gasteiger partial charge in [0.25, 0.3) is 0 Å². The smallest absolute Gasteiger partial charge is 0.407 e. The van der Waals surface area contributed by atoms with Gasteiger partial charge < -0.3 is 24.3 Å². The van der Waals surface area contributed by atoms with E-state index >= 15 is 8.42 Å². The summed E-state index contributed by atoms with van der Waals surface area (Å²) in [5, 5.41) is 14.8. The number of methoxy groups -OCH3 is 3. The Balaban J connectivity index is 1.65. The fourth-order valence-corrected chi connectivity index (χ4v) is 9.89. The van der Waals surface area contributed by atoms with Gasteiger partial charge in [-0.2, -0.15) is 4.31 Å². The lowest BCUT2D eigenvalue weighted by Gasteiger charge is -2.26. The predicted octanol–water partition coefficient (Wildman–Crippen LogP) is 5.21. The summed E-state index contributed by atoms with van der Waals surface area (Å²) in [5.41, 5.74) is 1.21. The zero-order valence-corrected chi connectivity index (χ0v) is 36.0. The molecule has 16 nitrogen and oxygen atoms in total. The maximum absolute atomic E-state index is 15.4. The zero-order chi connectivity index (χ0) is 41.4. The van der Waals surface area contributed by atoms with Crippen LogP contribution in [-0.2, 0) is 44.4 Å². The minimum Gasteiger partial charge on any atom is -0.497 e. The van der Waals surface area contributed by atoms with Gasteiger partial charge in [-0.1, -0.05) is 36.4 Å². The summed E-state index contributed by atoms with van der Waals surface area (Å²) in [6, 6.07) is 23.7. The average Bonchev–Trinajstić information content (AvgIpc) is 3.63. The lowest BCUT2D eigenvalue weighted by Crippen LogP contribution is -2.38. The maximum Gasteiger partial charge on any atom is 0.407 e. The molecule has 1 amide bonds. The first kappa shape index (κ1) is 43.3. The molecular weight excluding hydrogens is 889 g/mol. The molecule has 0 bridgehead atoms. The van der Waals surface area contributed by atoms with Crippen molar-refractivity contribution < 1.29 is 40.6 Å². The van der Waals surface area contributed by atoms with Gasteiger partial charge in [0, 0.05) is 29.7 Å². The highest BCUT2D eigenvalue weighted by molar-refractivity contribution is 14.1. The van der Waals surface area contributed by atoms with Gasteiger partial charge in [0.1, 0.15) is 32.6 Å². The normalized spacial score (nSPS) is 12.0. The molecule has 0 aliphatic heterocycles. The molecule has 2 N–H and O–H groups in total. The molecule has 4 aromatic carbocycles. The second kappa shape index (κ2) is 18.6. The number of ether oxygens (including phenoxy) is 4. The zero-order valence-electron chi connectivity index (χ0n) is 32.2. The van der Waals surface area contributed by atoms with Crippen LogP contribution in [0, 0.1) is 3.57 Å². The number of benzene rings is 4. The molecule has 57 heavy (non-hydrogen) atoms. The quantitative estimate of drug-likeness (QED) is 0.0915. The van der Waals surface area contributed by atoms with E-state index in [0.717, 1.165) is 5.56 Å². The van der Waals surface area contributed by atoms with Crippen LogP contribution in [0.3, 0.4) is 0 Å². The lowest BCUT2D eigenvalue weighted by molar-refractivity contribution is 0.0529. The molecular formula is C38H44IN7O9S2. The van der Waals surface area contributed by atoms with Crippen molar-refractivity contribution in [2.24, 2.45) is 0 Å². The summed E-state index contributed by atoms with van der Waals surface area (Å²) in [6.45, 7) is 4.50. The highest BCUT2D eigenvalue weighted by atomic mass is 127. The van der Waals surface area contributed by atoms with Crippen molar-refractivity contribution in [3.05, 3.63) is 105 Å². The molecule has 5 aromatic rings. The van der Waals surface area contributed by atoms with Gasteiger partial charge in [0.05, 0.1) is 33.4 Å². The number of sulfonamides is 2. The summed E-state index contributed by atoms with van der Waals surface area (Å²) in [5.74, 6) is 1.81. The molecule has 0 aliphatic carbocycles. The third-order valence-electron chi connectivity index (χ3n) is 8.33. The van der Waals surface area contributed by atoms with Crippen molar-refractivity contribution in [3.63, 3.8) is 0 Å². The number of rotatable bonds is 17. The van der Waals surface area contributed by atoms with E-state index in [9.17, 15) is 13.2 Å². The molecule has 0 saturated heterocycles. The molecule has 1 aromatic heterocycles. The number of carbonyl (C=O) groups is 1. The number of alkyl carbamates (subject to hydrolysis) is 1. The summed E-state index contributed by atoms with van der Waals surface area (Å²) >= 11 is 1.95. The molecule has 5 rings (SSSR count). The van der Waals surface area contributed by atoms with Crippen LogP contribution in [0.2, 0.25) is 0 Å². The van der Waals surface area contributed by atoms with Crippen molar-refractivity contribution in [3.8, 4) is 28.6 Å². The van der Waals surface area contributed by atoms with Crippen LogP contribution in [0.1, 0.15) is 37.5 Å². The Morgan fingerprint density at radius 3 is 1.75 bits per heavy atom. The number of nitrogens with one attached hydrogen (secondary N) is 2. The Labute approximate surface area is 346 Å². The summed E-state index contributed by atoms with van der Waals surface area (Å²) < 4.78 is 86.0. The number of aromatic nitrogens is 4. The van der Waals surface area contributed by atoms with E-state index < -0.39 is 41.5 Å². The van der Waals surface area contributed by atoms with Crippen LogP contribution in [0.5, 0.6) is 17.2 Å². The van der Waals surface area contributed by atoms with E-state index in [-0.39, 0.29) is 44.1 Å². The Bertz CT molecular complexity index is 2320. The standard InChI is InChI=1S/C38H44IN7O9S2/c1-38(2,3)55-37(47)40-21-22-41-56(48,49)33-20-19-32(39)34(36-42-43-44-46(36)25-28-11-17-31(54-6)18-12-28)35(33)57(50,51)45(23-26-7-13-29(52-4)14-8-26)24-27-9-15-30(53-5)16-10-27/h7-20,41H,21-25H2,1-6H3,(H,40,47). The van der Waals surface area contributed by atoms with E-state index in [4.69, 9.17) is 18.9 Å². The molecule has 0 atom stereocenters. The van der Waals surface area contributed by atoms with Gasteiger partial charge in [0.2, 0.25) is 20.0 Å². The number of carbonyl (C=O) groups excluding carboxylic acids is 1. The van der Waals surface area contributed by atoms with E-state index in [1.807, 2.05) is 34.7 Å². The van der Waals surface area contributed by atoms with E-state index in [1.165, 1.54) is 35.3 Å². The van der Waals surface area contributed by atoms with Crippen molar-refractivity contribution in [1.29, 1.82) is 0 Å². The Hall–Kier alpha value is -4.83. The van der Waals surface area contributed by atoms with Crippen molar-refractivity contribution in [2.45, 2.75) is 55.8 Å². The van der Waals surface area contributed by atoms with Gasteiger partial charge in [-0.05, 0) is 119 Å². The number of halogens is 1. The molecule has 0 radical (unpaired) electrons.